The Balaban J connectivity index is 2.90. The van der Waals surface area contributed by atoms with Gasteiger partial charge < -0.3 is 5.43 Å². The highest BCUT2D eigenvalue weighted by Crippen LogP contribution is 2.29. The summed E-state index contributed by atoms with van der Waals surface area (Å²) in [6.45, 7) is 2.10. The predicted molar refractivity (Wildman–Crippen MR) is 67.4 cm³/mol. The maximum atomic E-state index is 10.8. The molecule has 0 saturated carbocycles. The highest BCUT2D eigenvalue weighted by Gasteiger charge is 2.15. The molecule has 1 aromatic carbocycles. The summed E-state index contributed by atoms with van der Waals surface area (Å²) in [7, 11) is 0. The first kappa shape index (κ1) is 12.8. The van der Waals surface area contributed by atoms with Gasteiger partial charge in [0.25, 0.3) is 5.69 Å². The summed E-state index contributed by atoms with van der Waals surface area (Å²) in [5.41, 5.74) is 3.73. The van der Waals surface area contributed by atoms with Crippen molar-refractivity contribution in [3.8, 4) is 0 Å². The van der Waals surface area contributed by atoms with Gasteiger partial charge in [-0.15, -0.1) is 0 Å². The summed E-state index contributed by atoms with van der Waals surface area (Å²) in [6.07, 6.45) is 1.09. The summed E-state index contributed by atoms with van der Waals surface area (Å²) in [5, 5.41) is 10.8. The van der Waals surface area contributed by atoms with Crippen molar-refractivity contribution < 1.29 is 4.92 Å². The highest BCUT2D eigenvalue weighted by molar-refractivity contribution is 7.98. The van der Waals surface area contributed by atoms with Crippen LogP contribution in [0, 0.1) is 10.1 Å². The minimum Gasteiger partial charge on any atom is -0.318 e. The van der Waals surface area contributed by atoms with E-state index in [1.165, 1.54) is 6.07 Å². The van der Waals surface area contributed by atoms with Crippen LogP contribution in [0.15, 0.2) is 18.2 Å². The molecule has 3 N–H and O–H groups in total. The summed E-state index contributed by atoms with van der Waals surface area (Å²) in [4.78, 5) is 10.3. The number of nitro groups is 1. The van der Waals surface area contributed by atoms with Gasteiger partial charge in [-0.05, 0) is 17.7 Å². The van der Waals surface area contributed by atoms with Crippen LogP contribution < -0.4 is 11.3 Å². The molecule has 0 aromatic heterocycles. The van der Waals surface area contributed by atoms with E-state index >= 15 is 0 Å². The number of nitrogens with two attached hydrogens (primary N) is 1. The Morgan fingerprint density at radius 1 is 1.56 bits per heavy atom. The van der Waals surface area contributed by atoms with Gasteiger partial charge in [0.2, 0.25) is 0 Å². The van der Waals surface area contributed by atoms with Crippen LogP contribution in [0.25, 0.3) is 0 Å². The Morgan fingerprint density at radius 3 is 2.88 bits per heavy atom. The number of para-hydroxylation sites is 1. The number of nitro benzene ring substituents is 1. The van der Waals surface area contributed by atoms with Crippen LogP contribution in [-0.4, -0.2) is 10.7 Å². The molecule has 0 unspecified atom stereocenters. The average molecular weight is 241 g/mol. The second kappa shape index (κ2) is 6.34. The van der Waals surface area contributed by atoms with Crippen LogP contribution >= 0.6 is 11.8 Å². The van der Waals surface area contributed by atoms with Crippen LogP contribution in [0.3, 0.4) is 0 Å². The largest absolute Gasteiger partial charge is 0.318 e. The average Bonchev–Trinajstić information content (AvgIpc) is 2.29. The monoisotopic (exact) mass is 241 g/mol. The number of nitrogen functional groups attached to an aromatic ring is 1. The number of hydrogen-bond acceptors (Lipinski definition) is 5. The van der Waals surface area contributed by atoms with Gasteiger partial charge in [0, 0.05) is 11.8 Å². The molecule has 0 aliphatic carbocycles. The first-order chi connectivity index (χ1) is 7.70. The van der Waals surface area contributed by atoms with Crippen LogP contribution in [0.4, 0.5) is 11.4 Å². The molecule has 0 spiro atoms. The molecule has 0 heterocycles. The number of nitrogens with zero attached hydrogens (tertiary/aromatic N) is 1. The maximum absolute atomic E-state index is 10.8. The van der Waals surface area contributed by atoms with Gasteiger partial charge in [-0.25, -0.2) is 0 Å². The van der Waals surface area contributed by atoms with Crippen molar-refractivity contribution in [3.05, 3.63) is 33.9 Å². The molecule has 16 heavy (non-hydrogen) atoms. The van der Waals surface area contributed by atoms with Gasteiger partial charge in [0.05, 0.1) is 4.92 Å². The van der Waals surface area contributed by atoms with Crippen molar-refractivity contribution in [2.24, 2.45) is 5.84 Å². The van der Waals surface area contributed by atoms with Crippen molar-refractivity contribution >= 4 is 23.1 Å². The zero-order valence-electron chi connectivity index (χ0n) is 9.10. The van der Waals surface area contributed by atoms with Gasteiger partial charge in [-0.1, -0.05) is 19.1 Å². The molecule has 1 aromatic rings. The van der Waals surface area contributed by atoms with Crippen molar-refractivity contribution in [2.75, 3.05) is 11.2 Å². The quantitative estimate of drug-likeness (QED) is 0.346. The Morgan fingerprint density at radius 2 is 2.31 bits per heavy atom. The van der Waals surface area contributed by atoms with Crippen LogP contribution in [-0.2, 0) is 5.75 Å². The maximum Gasteiger partial charge on any atom is 0.293 e. The molecule has 6 heteroatoms. The molecule has 1 rings (SSSR count). The van der Waals surface area contributed by atoms with Crippen LogP contribution in [0.1, 0.15) is 18.9 Å². The zero-order valence-corrected chi connectivity index (χ0v) is 9.92. The number of rotatable bonds is 6. The van der Waals surface area contributed by atoms with Crippen molar-refractivity contribution in [1.29, 1.82) is 0 Å². The molecule has 0 atom stereocenters. The molecule has 5 nitrogen and oxygen atoms in total. The highest BCUT2D eigenvalue weighted by atomic mass is 32.2. The lowest BCUT2D eigenvalue weighted by atomic mass is 10.2. The Bertz CT molecular complexity index is 371. The summed E-state index contributed by atoms with van der Waals surface area (Å²) < 4.78 is 0. The third-order valence-electron chi connectivity index (χ3n) is 2.08. The van der Waals surface area contributed by atoms with Gasteiger partial charge in [-0.3, -0.25) is 16.0 Å². The lowest BCUT2D eigenvalue weighted by Crippen LogP contribution is -2.11. The number of hydrazine groups is 1. The Kier molecular flexibility index (Phi) is 5.07. The Labute approximate surface area is 98.5 Å². The third kappa shape index (κ3) is 3.11. The molecule has 0 saturated heterocycles. The van der Waals surface area contributed by atoms with Crippen molar-refractivity contribution in [1.82, 2.24) is 0 Å². The van der Waals surface area contributed by atoms with E-state index in [9.17, 15) is 10.1 Å². The van der Waals surface area contributed by atoms with Gasteiger partial charge in [0.1, 0.15) is 5.69 Å². The van der Waals surface area contributed by atoms with Crippen molar-refractivity contribution in [3.63, 3.8) is 0 Å². The smallest absolute Gasteiger partial charge is 0.293 e. The van der Waals surface area contributed by atoms with E-state index in [2.05, 4.69) is 12.3 Å². The van der Waals surface area contributed by atoms with E-state index in [0.29, 0.717) is 5.69 Å². The predicted octanol–water partition coefficient (Wildman–Crippen LogP) is 2.52. The molecule has 0 aliphatic heterocycles. The normalized spacial score (nSPS) is 10.1. The molecule has 88 valence electrons. The topological polar surface area (TPSA) is 81.2 Å². The van der Waals surface area contributed by atoms with E-state index in [1.54, 1.807) is 17.8 Å². The lowest BCUT2D eigenvalue weighted by molar-refractivity contribution is -0.384. The minimum absolute atomic E-state index is 0.0251. The van der Waals surface area contributed by atoms with E-state index in [1.807, 2.05) is 6.07 Å². The first-order valence-corrected chi connectivity index (χ1v) is 6.16. The minimum atomic E-state index is -0.427. The Hall–Kier alpha value is -1.27. The fraction of sp³-hybridized carbons (Fsp3) is 0.400. The van der Waals surface area contributed by atoms with Crippen LogP contribution in [0.2, 0.25) is 0 Å². The SMILES string of the molecule is CCCSCc1cccc([N+](=O)[O-])c1NN. The second-order valence-corrected chi connectivity index (χ2v) is 4.37. The standard InChI is InChI=1S/C10H15N3O2S/c1-2-6-16-7-8-4-3-5-9(13(14)15)10(8)12-11/h3-5,12H,2,6-7,11H2,1H3. The first-order valence-electron chi connectivity index (χ1n) is 5.01. The van der Waals surface area contributed by atoms with E-state index < -0.39 is 4.92 Å². The second-order valence-electron chi connectivity index (χ2n) is 3.27. The molecule has 0 fully saturated rings. The van der Waals surface area contributed by atoms with Crippen LogP contribution in [0.5, 0.6) is 0 Å². The van der Waals surface area contributed by atoms with Gasteiger partial charge in [-0.2, -0.15) is 11.8 Å². The zero-order chi connectivity index (χ0) is 12.0. The summed E-state index contributed by atoms with van der Waals surface area (Å²) in [6, 6.07) is 4.98. The molecular weight excluding hydrogens is 226 g/mol. The molecule has 0 bridgehead atoms. The number of nitrogens with one attached hydrogen (secondary N) is 1. The van der Waals surface area contributed by atoms with Crippen molar-refractivity contribution in [2.45, 2.75) is 19.1 Å². The summed E-state index contributed by atoms with van der Waals surface area (Å²) >= 11 is 1.74. The van der Waals surface area contributed by atoms with E-state index in [4.69, 9.17) is 5.84 Å². The lowest BCUT2D eigenvalue weighted by Gasteiger charge is -2.08. The van der Waals surface area contributed by atoms with E-state index in [0.717, 1.165) is 23.5 Å². The molecular formula is C10H15N3O2S. The van der Waals surface area contributed by atoms with Gasteiger partial charge >= 0.3 is 0 Å². The molecule has 0 amide bonds. The number of thioether (sulfide) groups is 1. The number of hydrogen-bond donors (Lipinski definition) is 2. The number of anilines is 1. The van der Waals surface area contributed by atoms with Gasteiger partial charge in [0.15, 0.2) is 0 Å². The third-order valence-corrected chi connectivity index (χ3v) is 3.29. The van der Waals surface area contributed by atoms with E-state index in [-0.39, 0.29) is 5.69 Å². The number of benzene rings is 1. The fourth-order valence-electron chi connectivity index (χ4n) is 1.35. The fourth-order valence-corrected chi connectivity index (χ4v) is 2.25. The molecule has 0 radical (unpaired) electrons. The molecule has 0 aliphatic rings. The summed E-state index contributed by atoms with van der Waals surface area (Å²) in [5.74, 6) is 7.10.